The van der Waals surface area contributed by atoms with Crippen LogP contribution in [0.5, 0.6) is 0 Å². The minimum Gasteiger partial charge on any atom is -0.366 e. The second-order valence-electron chi connectivity index (χ2n) is 6.13. The fraction of sp³-hybridized carbons (Fsp3) is 0.533. The highest BCUT2D eigenvalue weighted by Gasteiger charge is 2.19. The molecule has 0 aliphatic rings. The summed E-state index contributed by atoms with van der Waals surface area (Å²) in [6, 6.07) is 1.75. The van der Waals surface area contributed by atoms with E-state index in [1.165, 1.54) is 5.56 Å². The Bertz CT molecular complexity index is 627. The highest BCUT2D eigenvalue weighted by Crippen LogP contribution is 2.22. The van der Waals surface area contributed by atoms with Gasteiger partial charge in [0.15, 0.2) is 0 Å². The van der Waals surface area contributed by atoms with Crippen molar-refractivity contribution < 1.29 is 0 Å². The van der Waals surface area contributed by atoms with Crippen LogP contribution in [0.3, 0.4) is 0 Å². The van der Waals surface area contributed by atoms with Crippen LogP contribution in [-0.4, -0.2) is 19.7 Å². The molecule has 2 aromatic heterocycles. The van der Waals surface area contributed by atoms with Gasteiger partial charge in [-0.1, -0.05) is 39.3 Å². The molecule has 0 bridgehead atoms. The van der Waals surface area contributed by atoms with Crippen molar-refractivity contribution in [3.8, 4) is 0 Å². The van der Waals surface area contributed by atoms with Crippen LogP contribution in [0, 0.1) is 0 Å². The normalized spacial score (nSPS) is 11.7. The zero-order valence-corrected chi connectivity index (χ0v) is 14.0. The van der Waals surface area contributed by atoms with E-state index in [0.29, 0.717) is 11.7 Å². The van der Waals surface area contributed by atoms with Crippen molar-refractivity contribution in [2.75, 3.05) is 5.32 Å². The zero-order valence-electron chi connectivity index (χ0n) is 13.2. The Morgan fingerprint density at radius 2 is 2.00 bits per heavy atom. The molecule has 1 N–H and O–H groups in total. The molecule has 2 aromatic rings. The Morgan fingerprint density at radius 1 is 1.29 bits per heavy atom. The number of nitrogens with one attached hydrogen (secondary N) is 1. The molecular formula is C15H22ClN5. The standard InChI is InChI=1S/C15H22ClN5/c1-6-11-10(9-21(5)20-11)8-17-13-7-12(16)18-14(19-13)15(2,3)4/h7,9H,6,8H2,1-5H3,(H,17,18,19). The summed E-state index contributed by atoms with van der Waals surface area (Å²) < 4.78 is 1.84. The van der Waals surface area contributed by atoms with Crippen molar-refractivity contribution in [3.63, 3.8) is 0 Å². The van der Waals surface area contributed by atoms with Gasteiger partial charge in [0, 0.05) is 36.8 Å². The number of rotatable bonds is 4. The maximum absolute atomic E-state index is 6.09. The minimum atomic E-state index is -0.135. The van der Waals surface area contributed by atoms with Gasteiger partial charge in [0.1, 0.15) is 16.8 Å². The lowest BCUT2D eigenvalue weighted by molar-refractivity contribution is 0.546. The number of aromatic nitrogens is 4. The molecule has 2 heterocycles. The largest absolute Gasteiger partial charge is 0.366 e. The molecule has 0 fully saturated rings. The fourth-order valence-corrected chi connectivity index (χ4v) is 2.24. The van der Waals surface area contributed by atoms with Gasteiger partial charge >= 0.3 is 0 Å². The van der Waals surface area contributed by atoms with Gasteiger partial charge in [-0.05, 0) is 6.42 Å². The van der Waals surface area contributed by atoms with Crippen LogP contribution in [0.15, 0.2) is 12.3 Å². The van der Waals surface area contributed by atoms with E-state index in [1.807, 2.05) is 17.9 Å². The lowest BCUT2D eigenvalue weighted by atomic mass is 9.96. The predicted octanol–water partition coefficient (Wildman–Crippen LogP) is 3.34. The molecule has 0 saturated carbocycles. The molecule has 0 radical (unpaired) electrons. The van der Waals surface area contributed by atoms with Gasteiger partial charge in [-0.25, -0.2) is 9.97 Å². The first kappa shape index (κ1) is 15.8. The van der Waals surface area contributed by atoms with Crippen molar-refractivity contribution in [2.45, 2.75) is 46.1 Å². The smallest absolute Gasteiger partial charge is 0.137 e. The molecule has 0 aliphatic heterocycles. The fourth-order valence-electron chi connectivity index (χ4n) is 2.06. The molecule has 0 saturated heterocycles. The minimum absolute atomic E-state index is 0.135. The first-order valence-electron chi connectivity index (χ1n) is 7.10. The first-order valence-corrected chi connectivity index (χ1v) is 7.47. The summed E-state index contributed by atoms with van der Waals surface area (Å²) in [5, 5.41) is 8.20. The van der Waals surface area contributed by atoms with E-state index in [0.717, 1.165) is 23.8 Å². The van der Waals surface area contributed by atoms with Crippen LogP contribution in [-0.2, 0) is 25.4 Å². The van der Waals surface area contributed by atoms with E-state index in [1.54, 1.807) is 6.07 Å². The van der Waals surface area contributed by atoms with E-state index < -0.39 is 0 Å². The number of aryl methyl sites for hydroxylation is 2. The molecule has 0 amide bonds. The maximum Gasteiger partial charge on any atom is 0.137 e. The molecule has 0 unspecified atom stereocenters. The summed E-state index contributed by atoms with van der Waals surface area (Å²) in [5.74, 6) is 1.48. The first-order chi connectivity index (χ1) is 9.79. The lowest BCUT2D eigenvalue weighted by Crippen LogP contribution is -2.17. The van der Waals surface area contributed by atoms with E-state index >= 15 is 0 Å². The van der Waals surface area contributed by atoms with Gasteiger partial charge < -0.3 is 5.32 Å². The van der Waals surface area contributed by atoms with Crippen LogP contribution in [0.4, 0.5) is 5.82 Å². The maximum atomic E-state index is 6.09. The number of hydrogen-bond acceptors (Lipinski definition) is 4. The SMILES string of the molecule is CCc1nn(C)cc1CNc1cc(Cl)nc(C(C)(C)C)n1. The lowest BCUT2D eigenvalue weighted by Gasteiger charge is -2.17. The Hall–Kier alpha value is -1.62. The molecule has 5 nitrogen and oxygen atoms in total. The van der Waals surface area contributed by atoms with Gasteiger partial charge in [0.2, 0.25) is 0 Å². The molecule has 114 valence electrons. The summed E-state index contributed by atoms with van der Waals surface area (Å²) in [6.45, 7) is 8.98. The number of nitrogens with zero attached hydrogens (tertiary/aromatic N) is 4. The Kier molecular flexibility index (Phi) is 4.52. The van der Waals surface area contributed by atoms with E-state index in [9.17, 15) is 0 Å². The van der Waals surface area contributed by atoms with Crippen LogP contribution >= 0.6 is 11.6 Å². The third-order valence-corrected chi connectivity index (χ3v) is 3.35. The topological polar surface area (TPSA) is 55.6 Å². The van der Waals surface area contributed by atoms with E-state index in [2.05, 4.69) is 48.1 Å². The molecule has 0 atom stereocenters. The van der Waals surface area contributed by atoms with Crippen LogP contribution in [0.2, 0.25) is 5.15 Å². The molecule has 6 heteroatoms. The Balaban J connectivity index is 2.18. The highest BCUT2D eigenvalue weighted by atomic mass is 35.5. The van der Waals surface area contributed by atoms with Gasteiger partial charge in [-0.15, -0.1) is 0 Å². The monoisotopic (exact) mass is 307 g/mol. The average Bonchev–Trinajstić information content (AvgIpc) is 2.75. The van der Waals surface area contributed by atoms with Gasteiger partial charge in [0.25, 0.3) is 0 Å². The molecule has 2 rings (SSSR count). The van der Waals surface area contributed by atoms with Crippen molar-refractivity contribution >= 4 is 17.4 Å². The quantitative estimate of drug-likeness (QED) is 0.880. The van der Waals surface area contributed by atoms with Gasteiger partial charge in [-0.2, -0.15) is 5.10 Å². The molecule has 0 aliphatic carbocycles. The summed E-state index contributed by atoms with van der Waals surface area (Å²) in [4.78, 5) is 8.84. The van der Waals surface area contributed by atoms with Crippen LogP contribution in [0.1, 0.15) is 44.8 Å². The summed E-state index contributed by atoms with van der Waals surface area (Å²) in [6.07, 6.45) is 2.94. The molecular weight excluding hydrogens is 286 g/mol. The highest BCUT2D eigenvalue weighted by molar-refractivity contribution is 6.29. The molecule has 21 heavy (non-hydrogen) atoms. The van der Waals surface area contributed by atoms with Crippen molar-refractivity contribution in [1.82, 2.24) is 19.7 Å². The third kappa shape index (κ3) is 3.94. The summed E-state index contributed by atoms with van der Waals surface area (Å²) in [5.41, 5.74) is 2.14. The van der Waals surface area contributed by atoms with Gasteiger partial charge in [-0.3, -0.25) is 4.68 Å². The average molecular weight is 308 g/mol. The van der Waals surface area contributed by atoms with Crippen molar-refractivity contribution in [1.29, 1.82) is 0 Å². The molecule has 0 spiro atoms. The van der Waals surface area contributed by atoms with Crippen molar-refractivity contribution in [2.24, 2.45) is 7.05 Å². The Labute approximate surface area is 130 Å². The second kappa shape index (κ2) is 6.02. The van der Waals surface area contributed by atoms with E-state index in [-0.39, 0.29) is 5.41 Å². The van der Waals surface area contributed by atoms with E-state index in [4.69, 9.17) is 11.6 Å². The number of halogens is 1. The third-order valence-electron chi connectivity index (χ3n) is 3.15. The Morgan fingerprint density at radius 3 is 2.62 bits per heavy atom. The molecule has 0 aromatic carbocycles. The van der Waals surface area contributed by atoms with Gasteiger partial charge in [0.05, 0.1) is 5.69 Å². The summed E-state index contributed by atoms with van der Waals surface area (Å²) >= 11 is 6.09. The number of hydrogen-bond donors (Lipinski definition) is 1. The zero-order chi connectivity index (χ0) is 15.6. The van der Waals surface area contributed by atoms with Crippen LogP contribution in [0.25, 0.3) is 0 Å². The second-order valence-corrected chi connectivity index (χ2v) is 6.52. The predicted molar refractivity (Wildman–Crippen MR) is 85.7 cm³/mol. The number of anilines is 1. The summed E-state index contributed by atoms with van der Waals surface area (Å²) in [7, 11) is 1.93. The van der Waals surface area contributed by atoms with Crippen LogP contribution < -0.4 is 5.32 Å². The van der Waals surface area contributed by atoms with Crippen molar-refractivity contribution in [3.05, 3.63) is 34.5 Å².